The molecule has 1 N–H and O–H groups in total. The molecule has 0 aromatic heterocycles. The number of ether oxygens (including phenoxy) is 1. The molecule has 0 spiro atoms. The highest BCUT2D eigenvalue weighted by molar-refractivity contribution is 5.94. The smallest absolute Gasteiger partial charge is 0.251 e. The Morgan fingerprint density at radius 2 is 2.05 bits per heavy atom. The summed E-state index contributed by atoms with van der Waals surface area (Å²) in [6, 6.07) is 7.36. The minimum absolute atomic E-state index is 0.0267. The number of rotatable bonds is 6. The summed E-state index contributed by atoms with van der Waals surface area (Å²) < 4.78 is 5.62. The third kappa shape index (κ3) is 5.38. The molecule has 0 atom stereocenters. The van der Waals surface area contributed by atoms with E-state index in [4.69, 9.17) is 4.74 Å². The second-order valence-corrected chi connectivity index (χ2v) is 5.85. The van der Waals surface area contributed by atoms with Gasteiger partial charge in [0.25, 0.3) is 5.91 Å². The second-order valence-electron chi connectivity index (χ2n) is 5.85. The van der Waals surface area contributed by atoms with Gasteiger partial charge in [0.05, 0.1) is 6.10 Å². The number of nitrogens with one attached hydrogen (secondary N) is 1. The summed E-state index contributed by atoms with van der Waals surface area (Å²) in [4.78, 5) is 14.6. The maximum Gasteiger partial charge on any atom is 0.251 e. The van der Waals surface area contributed by atoms with Gasteiger partial charge in [-0.15, -0.1) is 0 Å². The Balaban J connectivity index is 1.79. The van der Waals surface area contributed by atoms with Crippen molar-refractivity contribution >= 4 is 5.91 Å². The van der Waals surface area contributed by atoms with Gasteiger partial charge < -0.3 is 15.0 Å². The van der Waals surface area contributed by atoms with Crippen molar-refractivity contribution in [2.24, 2.45) is 0 Å². The fourth-order valence-electron chi connectivity index (χ4n) is 2.60. The number of amides is 1. The van der Waals surface area contributed by atoms with E-state index in [1.807, 2.05) is 32.0 Å². The van der Waals surface area contributed by atoms with Crippen LogP contribution in [0.3, 0.4) is 0 Å². The Morgan fingerprint density at radius 1 is 1.29 bits per heavy atom. The number of hydrogen-bond donors (Lipinski definition) is 1. The summed E-state index contributed by atoms with van der Waals surface area (Å²) in [6.07, 6.45) is 4.01. The Kier molecular flexibility index (Phi) is 6.05. The molecule has 1 heterocycles. The van der Waals surface area contributed by atoms with E-state index in [1.165, 1.54) is 19.3 Å². The van der Waals surface area contributed by atoms with E-state index in [0.29, 0.717) is 12.1 Å². The predicted molar refractivity (Wildman–Crippen MR) is 84.8 cm³/mol. The zero-order chi connectivity index (χ0) is 15.1. The Morgan fingerprint density at radius 3 is 2.76 bits per heavy atom. The highest BCUT2D eigenvalue weighted by Gasteiger charge is 2.11. The summed E-state index contributed by atoms with van der Waals surface area (Å²) in [5, 5.41) is 2.99. The van der Waals surface area contributed by atoms with Crippen molar-refractivity contribution in [3.63, 3.8) is 0 Å². The third-order valence-corrected chi connectivity index (χ3v) is 3.63. The van der Waals surface area contributed by atoms with Gasteiger partial charge >= 0.3 is 0 Å². The number of benzene rings is 1. The van der Waals surface area contributed by atoms with Crippen LogP contribution in [-0.4, -0.2) is 43.1 Å². The monoisotopic (exact) mass is 290 g/mol. The van der Waals surface area contributed by atoms with Gasteiger partial charge in [0.1, 0.15) is 5.75 Å². The lowest BCUT2D eigenvalue weighted by atomic mass is 10.1. The molecule has 4 nitrogen and oxygen atoms in total. The molecular weight excluding hydrogens is 264 g/mol. The highest BCUT2D eigenvalue weighted by atomic mass is 16.5. The Labute approximate surface area is 127 Å². The molecule has 1 aromatic carbocycles. The number of carbonyl (C=O) groups excluding carboxylic acids is 1. The molecule has 116 valence electrons. The highest BCUT2D eigenvalue weighted by Crippen LogP contribution is 2.15. The Bertz CT molecular complexity index is 454. The van der Waals surface area contributed by atoms with E-state index in [-0.39, 0.29) is 12.0 Å². The van der Waals surface area contributed by atoms with Crippen LogP contribution in [0.1, 0.15) is 43.5 Å². The van der Waals surface area contributed by atoms with Crippen LogP contribution in [0.4, 0.5) is 0 Å². The van der Waals surface area contributed by atoms with E-state index in [2.05, 4.69) is 10.2 Å². The van der Waals surface area contributed by atoms with Crippen LogP contribution < -0.4 is 10.1 Å². The lowest BCUT2D eigenvalue weighted by Gasteiger charge is -2.26. The average Bonchev–Trinajstić information content (AvgIpc) is 2.48. The Hall–Kier alpha value is -1.55. The second kappa shape index (κ2) is 8.03. The molecule has 1 aromatic rings. The normalized spacial score (nSPS) is 16.0. The van der Waals surface area contributed by atoms with Crippen LogP contribution in [0.15, 0.2) is 24.3 Å². The minimum Gasteiger partial charge on any atom is -0.491 e. The zero-order valence-electron chi connectivity index (χ0n) is 13.1. The van der Waals surface area contributed by atoms with Crippen LogP contribution in [0, 0.1) is 0 Å². The molecule has 1 aliphatic heterocycles. The van der Waals surface area contributed by atoms with Crippen LogP contribution >= 0.6 is 0 Å². The van der Waals surface area contributed by atoms with Crippen molar-refractivity contribution in [2.45, 2.75) is 39.2 Å². The molecule has 1 fully saturated rings. The van der Waals surface area contributed by atoms with Gasteiger partial charge in [0.2, 0.25) is 0 Å². The maximum atomic E-state index is 12.1. The molecule has 21 heavy (non-hydrogen) atoms. The molecule has 1 aliphatic rings. The van der Waals surface area contributed by atoms with Gasteiger partial charge in [0.15, 0.2) is 0 Å². The van der Waals surface area contributed by atoms with Crippen molar-refractivity contribution in [3.8, 4) is 5.75 Å². The van der Waals surface area contributed by atoms with Crippen molar-refractivity contribution in [3.05, 3.63) is 29.8 Å². The minimum atomic E-state index is -0.0267. The van der Waals surface area contributed by atoms with Crippen molar-refractivity contribution in [1.29, 1.82) is 0 Å². The largest absolute Gasteiger partial charge is 0.491 e. The molecule has 0 bridgehead atoms. The first kappa shape index (κ1) is 15.8. The molecule has 0 radical (unpaired) electrons. The number of piperidine rings is 1. The molecule has 0 aliphatic carbocycles. The lowest BCUT2D eigenvalue weighted by Crippen LogP contribution is -2.37. The molecule has 2 rings (SSSR count). The third-order valence-electron chi connectivity index (χ3n) is 3.63. The van der Waals surface area contributed by atoms with Crippen molar-refractivity contribution < 1.29 is 9.53 Å². The molecular formula is C17H26N2O2. The molecule has 0 unspecified atom stereocenters. The number of nitrogens with zero attached hydrogens (tertiary/aromatic N) is 1. The molecule has 4 heteroatoms. The van der Waals surface area contributed by atoms with Gasteiger partial charge in [0, 0.05) is 18.7 Å². The lowest BCUT2D eigenvalue weighted by molar-refractivity contribution is 0.0946. The standard InChI is InChI=1S/C17H26N2O2/c1-14(2)21-16-8-6-7-15(13-16)17(20)18-9-12-19-10-4-3-5-11-19/h6-8,13-14H,3-5,9-12H2,1-2H3,(H,18,20). The summed E-state index contributed by atoms with van der Waals surface area (Å²) >= 11 is 0. The van der Waals surface area contributed by atoms with Gasteiger partial charge in [-0.2, -0.15) is 0 Å². The van der Waals surface area contributed by atoms with Crippen LogP contribution in [0.5, 0.6) is 5.75 Å². The van der Waals surface area contributed by atoms with Gasteiger partial charge in [-0.1, -0.05) is 12.5 Å². The number of carbonyl (C=O) groups is 1. The van der Waals surface area contributed by atoms with E-state index < -0.39 is 0 Å². The summed E-state index contributed by atoms with van der Waals surface area (Å²) in [7, 11) is 0. The van der Waals surface area contributed by atoms with E-state index in [0.717, 1.165) is 25.4 Å². The first-order valence-electron chi connectivity index (χ1n) is 7.92. The fourth-order valence-corrected chi connectivity index (χ4v) is 2.60. The van der Waals surface area contributed by atoms with E-state index in [9.17, 15) is 4.79 Å². The van der Waals surface area contributed by atoms with Crippen molar-refractivity contribution in [1.82, 2.24) is 10.2 Å². The van der Waals surface area contributed by atoms with Crippen LogP contribution in [-0.2, 0) is 0 Å². The topological polar surface area (TPSA) is 41.6 Å². The zero-order valence-corrected chi connectivity index (χ0v) is 13.1. The van der Waals surface area contributed by atoms with Crippen molar-refractivity contribution in [2.75, 3.05) is 26.2 Å². The van der Waals surface area contributed by atoms with E-state index >= 15 is 0 Å². The van der Waals surface area contributed by atoms with Gasteiger partial charge in [-0.3, -0.25) is 4.79 Å². The van der Waals surface area contributed by atoms with Crippen LogP contribution in [0.25, 0.3) is 0 Å². The first-order valence-corrected chi connectivity index (χ1v) is 7.92. The van der Waals surface area contributed by atoms with E-state index in [1.54, 1.807) is 6.07 Å². The van der Waals surface area contributed by atoms with Crippen LogP contribution in [0.2, 0.25) is 0 Å². The average molecular weight is 290 g/mol. The summed E-state index contributed by atoms with van der Waals surface area (Å²) in [5.41, 5.74) is 0.659. The number of hydrogen-bond acceptors (Lipinski definition) is 3. The predicted octanol–water partition coefficient (Wildman–Crippen LogP) is 2.69. The SMILES string of the molecule is CC(C)Oc1cccc(C(=O)NCCN2CCCCC2)c1. The quantitative estimate of drug-likeness (QED) is 0.876. The summed E-state index contributed by atoms with van der Waals surface area (Å²) in [5.74, 6) is 0.717. The maximum absolute atomic E-state index is 12.1. The fraction of sp³-hybridized carbons (Fsp3) is 0.588. The first-order chi connectivity index (χ1) is 10.1. The van der Waals surface area contributed by atoms with Gasteiger partial charge in [-0.25, -0.2) is 0 Å². The molecule has 1 amide bonds. The summed E-state index contributed by atoms with van der Waals surface area (Å²) in [6.45, 7) is 7.92. The van der Waals surface area contributed by atoms with Gasteiger partial charge in [-0.05, 0) is 58.0 Å². The number of likely N-dealkylation sites (tertiary alicyclic amines) is 1. The molecule has 1 saturated heterocycles. The molecule has 0 saturated carbocycles.